The van der Waals surface area contributed by atoms with Gasteiger partial charge >= 0.3 is 0 Å². The Balaban J connectivity index is 2.52. The molecule has 2 unspecified atom stereocenters. The molecule has 0 radical (unpaired) electrons. The van der Waals surface area contributed by atoms with Crippen LogP contribution in [0.25, 0.3) is 0 Å². The number of rotatable bonds is 5. The third-order valence-corrected chi connectivity index (χ3v) is 4.62. The zero-order valence-electron chi connectivity index (χ0n) is 14.3. The highest BCUT2D eigenvalue weighted by Gasteiger charge is 2.34. The van der Waals surface area contributed by atoms with Gasteiger partial charge in [-0.25, -0.2) is 0 Å². The second kappa shape index (κ2) is 6.58. The highest BCUT2D eigenvalue weighted by atomic mass is 15.2. The van der Waals surface area contributed by atoms with Gasteiger partial charge in [0.2, 0.25) is 0 Å². The lowest BCUT2D eigenvalue weighted by Gasteiger charge is -2.35. The number of hydrogen-bond acceptors (Lipinski definition) is 2. The first kappa shape index (κ1) is 17.0. The maximum Gasteiger partial charge on any atom is 0.0243 e. The Bertz CT molecular complexity index is 259. The summed E-state index contributed by atoms with van der Waals surface area (Å²) in [5.41, 5.74) is 0.803. The molecule has 1 heterocycles. The van der Waals surface area contributed by atoms with Crippen LogP contribution in [0.15, 0.2) is 0 Å². The molecule has 0 aromatic heterocycles. The van der Waals surface area contributed by atoms with E-state index in [4.69, 9.17) is 0 Å². The third-order valence-electron chi connectivity index (χ3n) is 4.62. The molecule has 0 aromatic rings. The van der Waals surface area contributed by atoms with Crippen LogP contribution in [0.2, 0.25) is 0 Å². The Morgan fingerprint density at radius 1 is 1.16 bits per heavy atom. The third kappa shape index (κ3) is 5.43. The summed E-state index contributed by atoms with van der Waals surface area (Å²) in [5, 5.41) is 3.75. The molecule has 1 fully saturated rings. The van der Waals surface area contributed by atoms with Gasteiger partial charge in [0.1, 0.15) is 0 Å². The zero-order valence-corrected chi connectivity index (χ0v) is 14.3. The second-order valence-electron chi connectivity index (χ2n) is 8.48. The molecule has 114 valence electrons. The lowest BCUT2D eigenvalue weighted by molar-refractivity contribution is 0.176. The van der Waals surface area contributed by atoms with Gasteiger partial charge in [0.05, 0.1) is 0 Å². The SMILES string of the molecule is CCCNC(CN1CCC(C(C)(C)C)C1)C(C)(C)C. The summed E-state index contributed by atoms with van der Waals surface area (Å²) < 4.78 is 0. The van der Waals surface area contributed by atoms with Crippen LogP contribution in [0.3, 0.4) is 0 Å². The number of nitrogens with zero attached hydrogens (tertiary/aromatic N) is 1. The number of nitrogens with one attached hydrogen (secondary N) is 1. The summed E-state index contributed by atoms with van der Waals surface area (Å²) in [5.74, 6) is 0.860. The molecule has 0 aromatic carbocycles. The Hall–Kier alpha value is -0.0800. The average molecular weight is 268 g/mol. The maximum atomic E-state index is 3.75. The summed E-state index contributed by atoms with van der Waals surface area (Å²) in [6.07, 6.45) is 2.59. The van der Waals surface area contributed by atoms with Gasteiger partial charge in [-0.1, -0.05) is 48.5 Å². The van der Waals surface area contributed by atoms with E-state index in [0.29, 0.717) is 16.9 Å². The van der Waals surface area contributed by atoms with Crippen molar-refractivity contribution in [2.75, 3.05) is 26.2 Å². The summed E-state index contributed by atoms with van der Waals surface area (Å²) in [7, 11) is 0. The first-order chi connectivity index (χ1) is 8.64. The fourth-order valence-electron chi connectivity index (χ4n) is 2.93. The van der Waals surface area contributed by atoms with E-state index in [2.05, 4.69) is 58.7 Å². The minimum Gasteiger partial charge on any atom is -0.312 e. The van der Waals surface area contributed by atoms with Gasteiger partial charge in [-0.05, 0) is 42.7 Å². The van der Waals surface area contributed by atoms with Crippen molar-refractivity contribution in [3.8, 4) is 0 Å². The lowest BCUT2D eigenvalue weighted by atomic mass is 9.80. The van der Waals surface area contributed by atoms with E-state index in [-0.39, 0.29) is 0 Å². The van der Waals surface area contributed by atoms with E-state index in [0.717, 1.165) is 12.5 Å². The van der Waals surface area contributed by atoms with E-state index in [9.17, 15) is 0 Å². The van der Waals surface area contributed by atoms with Crippen LogP contribution in [-0.2, 0) is 0 Å². The molecule has 0 spiro atoms. The van der Waals surface area contributed by atoms with Crippen LogP contribution in [0.1, 0.15) is 61.3 Å². The standard InChI is InChI=1S/C17H36N2/c1-8-10-18-15(17(5,6)7)13-19-11-9-14(12-19)16(2,3)4/h14-15,18H,8-13H2,1-7H3. The van der Waals surface area contributed by atoms with Crippen LogP contribution < -0.4 is 5.32 Å². The van der Waals surface area contributed by atoms with Crippen molar-refractivity contribution in [1.29, 1.82) is 0 Å². The predicted molar refractivity (Wildman–Crippen MR) is 85.5 cm³/mol. The van der Waals surface area contributed by atoms with Gasteiger partial charge in [-0.3, -0.25) is 0 Å². The van der Waals surface area contributed by atoms with Gasteiger partial charge in [0.15, 0.2) is 0 Å². The normalized spacial score (nSPS) is 23.8. The zero-order chi connectivity index (χ0) is 14.7. The predicted octanol–water partition coefficient (Wildman–Crippen LogP) is 3.77. The summed E-state index contributed by atoms with van der Waals surface area (Å²) in [6, 6.07) is 0.603. The molecule has 0 saturated carbocycles. The van der Waals surface area contributed by atoms with Crippen molar-refractivity contribution in [1.82, 2.24) is 10.2 Å². The largest absolute Gasteiger partial charge is 0.312 e. The van der Waals surface area contributed by atoms with Crippen LogP contribution in [-0.4, -0.2) is 37.1 Å². The highest BCUT2D eigenvalue weighted by Crippen LogP contribution is 2.34. The van der Waals surface area contributed by atoms with Crippen molar-refractivity contribution in [3.05, 3.63) is 0 Å². The fraction of sp³-hybridized carbons (Fsp3) is 1.00. The van der Waals surface area contributed by atoms with E-state index in [1.807, 2.05) is 0 Å². The second-order valence-corrected chi connectivity index (χ2v) is 8.48. The lowest BCUT2D eigenvalue weighted by Crippen LogP contribution is -2.48. The van der Waals surface area contributed by atoms with Gasteiger partial charge in [-0.2, -0.15) is 0 Å². The van der Waals surface area contributed by atoms with Crippen molar-refractivity contribution >= 4 is 0 Å². The monoisotopic (exact) mass is 268 g/mol. The minimum absolute atomic E-state index is 0.342. The summed E-state index contributed by atoms with van der Waals surface area (Å²) in [4.78, 5) is 2.68. The van der Waals surface area contributed by atoms with E-state index >= 15 is 0 Å². The molecular formula is C17H36N2. The van der Waals surface area contributed by atoms with Crippen LogP contribution in [0.5, 0.6) is 0 Å². The first-order valence-electron chi connectivity index (χ1n) is 8.10. The molecule has 2 atom stereocenters. The molecule has 1 aliphatic heterocycles. The Kier molecular flexibility index (Phi) is 5.88. The first-order valence-corrected chi connectivity index (χ1v) is 8.10. The molecule has 1 aliphatic rings. The Morgan fingerprint density at radius 3 is 2.21 bits per heavy atom. The summed E-state index contributed by atoms with van der Waals surface area (Å²) in [6.45, 7) is 21.4. The van der Waals surface area contributed by atoms with Gasteiger partial charge in [0.25, 0.3) is 0 Å². The topological polar surface area (TPSA) is 15.3 Å². The summed E-state index contributed by atoms with van der Waals surface area (Å²) >= 11 is 0. The van der Waals surface area contributed by atoms with Crippen molar-refractivity contribution in [3.63, 3.8) is 0 Å². The van der Waals surface area contributed by atoms with Crippen molar-refractivity contribution < 1.29 is 0 Å². The maximum absolute atomic E-state index is 3.75. The average Bonchev–Trinajstić information content (AvgIpc) is 2.70. The van der Waals surface area contributed by atoms with Crippen LogP contribution in [0, 0.1) is 16.7 Å². The number of likely N-dealkylation sites (tertiary alicyclic amines) is 1. The van der Waals surface area contributed by atoms with Gasteiger partial charge in [-0.15, -0.1) is 0 Å². The van der Waals surface area contributed by atoms with Crippen LogP contribution >= 0.6 is 0 Å². The quantitative estimate of drug-likeness (QED) is 0.816. The fourth-order valence-corrected chi connectivity index (χ4v) is 2.93. The molecule has 2 nitrogen and oxygen atoms in total. The number of hydrogen-bond donors (Lipinski definition) is 1. The molecule has 0 amide bonds. The van der Waals surface area contributed by atoms with Gasteiger partial charge < -0.3 is 10.2 Å². The van der Waals surface area contributed by atoms with E-state index in [1.54, 1.807) is 0 Å². The highest BCUT2D eigenvalue weighted by molar-refractivity contribution is 4.89. The van der Waals surface area contributed by atoms with Gasteiger partial charge in [0, 0.05) is 19.1 Å². The van der Waals surface area contributed by atoms with Crippen molar-refractivity contribution in [2.24, 2.45) is 16.7 Å². The van der Waals surface area contributed by atoms with Crippen molar-refractivity contribution in [2.45, 2.75) is 67.3 Å². The van der Waals surface area contributed by atoms with E-state index < -0.39 is 0 Å². The molecular weight excluding hydrogens is 232 g/mol. The molecule has 0 aliphatic carbocycles. The smallest absolute Gasteiger partial charge is 0.0243 e. The van der Waals surface area contributed by atoms with Crippen LogP contribution in [0.4, 0.5) is 0 Å². The molecule has 1 rings (SSSR count). The minimum atomic E-state index is 0.342. The Labute approximate surface area is 121 Å². The molecule has 0 bridgehead atoms. The molecule has 19 heavy (non-hydrogen) atoms. The molecule has 1 N–H and O–H groups in total. The Morgan fingerprint density at radius 2 is 1.79 bits per heavy atom. The molecule has 1 saturated heterocycles. The van der Waals surface area contributed by atoms with E-state index in [1.165, 1.54) is 32.5 Å². The molecule has 2 heteroatoms.